The molecule has 0 aliphatic rings. The SMILES string of the molecule is CCC(C(=O)OCC(C)C)C(C)C(F)(F)C(F)(F)C(F)(F)F. The highest BCUT2D eigenvalue weighted by molar-refractivity contribution is 5.72. The van der Waals surface area contributed by atoms with E-state index < -0.39 is 35.8 Å². The van der Waals surface area contributed by atoms with E-state index >= 15 is 0 Å². The first-order valence-electron chi connectivity index (χ1n) is 6.69. The molecule has 2 unspecified atom stereocenters. The molecule has 0 amide bonds. The first-order chi connectivity index (χ1) is 9.70. The number of alkyl halides is 7. The molecule has 22 heavy (non-hydrogen) atoms. The molecule has 0 N–H and O–H groups in total. The Morgan fingerprint density at radius 1 is 1.00 bits per heavy atom. The maximum atomic E-state index is 13.6. The van der Waals surface area contributed by atoms with Gasteiger partial charge < -0.3 is 4.74 Å². The summed E-state index contributed by atoms with van der Waals surface area (Å²) >= 11 is 0. The topological polar surface area (TPSA) is 26.3 Å². The fraction of sp³-hybridized carbons (Fsp3) is 0.923. The average molecular weight is 340 g/mol. The van der Waals surface area contributed by atoms with Crippen molar-refractivity contribution < 1.29 is 40.3 Å². The fourth-order valence-corrected chi connectivity index (χ4v) is 1.81. The molecule has 0 aromatic rings. The smallest absolute Gasteiger partial charge is 0.459 e. The number of hydrogen-bond acceptors (Lipinski definition) is 2. The quantitative estimate of drug-likeness (QED) is 0.497. The van der Waals surface area contributed by atoms with Crippen molar-refractivity contribution in [1.82, 2.24) is 0 Å². The van der Waals surface area contributed by atoms with Crippen molar-refractivity contribution in [2.24, 2.45) is 17.8 Å². The standard InChI is InChI=1S/C13H19F7O2/c1-5-9(10(21)22-6-7(2)3)8(4)11(14,15)12(16,17)13(18,19)20/h7-9H,5-6H2,1-4H3. The number of esters is 1. The molecule has 0 heterocycles. The molecule has 0 aromatic carbocycles. The highest BCUT2D eigenvalue weighted by Gasteiger charge is 2.75. The van der Waals surface area contributed by atoms with Gasteiger partial charge in [-0.25, -0.2) is 0 Å². The summed E-state index contributed by atoms with van der Waals surface area (Å²) in [5.74, 6) is -17.3. The van der Waals surface area contributed by atoms with Gasteiger partial charge >= 0.3 is 24.0 Å². The Labute approximate surface area is 124 Å². The van der Waals surface area contributed by atoms with E-state index in [1.54, 1.807) is 13.8 Å². The van der Waals surface area contributed by atoms with Gasteiger partial charge in [-0.3, -0.25) is 4.79 Å². The Morgan fingerprint density at radius 3 is 1.77 bits per heavy atom. The highest BCUT2D eigenvalue weighted by Crippen LogP contribution is 2.51. The van der Waals surface area contributed by atoms with Gasteiger partial charge in [0.05, 0.1) is 12.5 Å². The van der Waals surface area contributed by atoms with Crippen LogP contribution in [-0.2, 0) is 9.53 Å². The zero-order valence-corrected chi connectivity index (χ0v) is 12.6. The van der Waals surface area contributed by atoms with Crippen molar-refractivity contribution >= 4 is 5.97 Å². The molecule has 0 saturated heterocycles. The van der Waals surface area contributed by atoms with Crippen LogP contribution in [0.15, 0.2) is 0 Å². The van der Waals surface area contributed by atoms with E-state index in [0.717, 1.165) is 0 Å². The van der Waals surface area contributed by atoms with E-state index in [2.05, 4.69) is 4.74 Å². The second-order valence-corrected chi connectivity index (χ2v) is 5.52. The maximum Gasteiger partial charge on any atom is 0.459 e. The molecule has 9 heteroatoms. The van der Waals surface area contributed by atoms with Gasteiger partial charge in [0.25, 0.3) is 0 Å². The Hall–Kier alpha value is -1.02. The number of halogens is 7. The summed E-state index contributed by atoms with van der Waals surface area (Å²) in [5, 5.41) is 0. The van der Waals surface area contributed by atoms with Gasteiger partial charge in [0, 0.05) is 5.92 Å². The monoisotopic (exact) mass is 340 g/mol. The van der Waals surface area contributed by atoms with Crippen molar-refractivity contribution in [1.29, 1.82) is 0 Å². The molecule has 0 radical (unpaired) electrons. The third kappa shape index (κ3) is 4.25. The van der Waals surface area contributed by atoms with Crippen molar-refractivity contribution in [3.8, 4) is 0 Å². The van der Waals surface area contributed by atoms with Crippen LogP contribution in [0, 0.1) is 17.8 Å². The van der Waals surface area contributed by atoms with Crippen LogP contribution in [-0.4, -0.2) is 30.6 Å². The van der Waals surface area contributed by atoms with Gasteiger partial charge in [0.15, 0.2) is 0 Å². The molecule has 2 atom stereocenters. The summed E-state index contributed by atoms with van der Waals surface area (Å²) in [6.07, 6.45) is -6.76. The van der Waals surface area contributed by atoms with Gasteiger partial charge in [0.1, 0.15) is 0 Å². The molecular formula is C13H19F7O2. The number of carbonyl (C=O) groups excluding carboxylic acids is 1. The normalized spacial score (nSPS) is 16.5. The zero-order valence-electron chi connectivity index (χ0n) is 12.6. The number of carbonyl (C=O) groups is 1. The summed E-state index contributed by atoms with van der Waals surface area (Å²) in [5.41, 5.74) is 0. The summed E-state index contributed by atoms with van der Waals surface area (Å²) in [4.78, 5) is 11.7. The molecule has 0 bridgehead atoms. The lowest BCUT2D eigenvalue weighted by atomic mass is 9.83. The van der Waals surface area contributed by atoms with Crippen LogP contribution >= 0.6 is 0 Å². The van der Waals surface area contributed by atoms with Crippen LogP contribution in [0.3, 0.4) is 0 Å². The Balaban J connectivity index is 5.33. The Bertz CT molecular complexity index is 377. The van der Waals surface area contributed by atoms with E-state index in [1.165, 1.54) is 6.92 Å². The van der Waals surface area contributed by atoms with Crippen molar-refractivity contribution in [3.63, 3.8) is 0 Å². The van der Waals surface area contributed by atoms with Crippen molar-refractivity contribution in [2.45, 2.75) is 52.1 Å². The van der Waals surface area contributed by atoms with Crippen LogP contribution in [0.2, 0.25) is 0 Å². The molecule has 0 rings (SSSR count). The third-order valence-electron chi connectivity index (χ3n) is 3.25. The predicted octanol–water partition coefficient (Wildman–Crippen LogP) is 4.68. The lowest BCUT2D eigenvalue weighted by Crippen LogP contribution is -2.57. The molecule has 132 valence electrons. The van der Waals surface area contributed by atoms with Crippen molar-refractivity contribution in [2.75, 3.05) is 6.61 Å². The molecule has 0 spiro atoms. The number of ether oxygens (including phenoxy) is 1. The molecule has 0 saturated carbocycles. The van der Waals surface area contributed by atoms with Gasteiger partial charge in [-0.05, 0) is 12.3 Å². The molecule has 0 aromatic heterocycles. The minimum absolute atomic E-state index is 0.131. The van der Waals surface area contributed by atoms with E-state index in [-0.39, 0.29) is 18.9 Å². The van der Waals surface area contributed by atoms with E-state index in [4.69, 9.17) is 0 Å². The lowest BCUT2D eigenvalue weighted by molar-refractivity contribution is -0.367. The van der Waals surface area contributed by atoms with Crippen LogP contribution in [0.5, 0.6) is 0 Å². The average Bonchev–Trinajstić information content (AvgIpc) is 2.35. The van der Waals surface area contributed by atoms with Crippen LogP contribution in [0.25, 0.3) is 0 Å². The minimum Gasteiger partial charge on any atom is -0.465 e. The molecule has 2 nitrogen and oxygen atoms in total. The lowest BCUT2D eigenvalue weighted by Gasteiger charge is -2.35. The van der Waals surface area contributed by atoms with E-state index in [9.17, 15) is 35.5 Å². The molecular weight excluding hydrogens is 321 g/mol. The predicted molar refractivity (Wildman–Crippen MR) is 64.7 cm³/mol. The second-order valence-electron chi connectivity index (χ2n) is 5.52. The van der Waals surface area contributed by atoms with Gasteiger partial charge in [-0.15, -0.1) is 0 Å². The first-order valence-corrected chi connectivity index (χ1v) is 6.69. The summed E-state index contributed by atoms with van der Waals surface area (Å²) in [7, 11) is 0. The molecule has 0 aliphatic heterocycles. The summed E-state index contributed by atoms with van der Waals surface area (Å²) in [6, 6.07) is 0. The summed E-state index contributed by atoms with van der Waals surface area (Å²) < 4.78 is 94.4. The molecule has 0 fully saturated rings. The van der Waals surface area contributed by atoms with Crippen LogP contribution in [0.1, 0.15) is 34.1 Å². The van der Waals surface area contributed by atoms with E-state index in [0.29, 0.717) is 6.92 Å². The van der Waals surface area contributed by atoms with Gasteiger partial charge in [0.2, 0.25) is 0 Å². The Morgan fingerprint density at radius 2 is 1.45 bits per heavy atom. The number of hydrogen-bond donors (Lipinski definition) is 0. The van der Waals surface area contributed by atoms with Crippen LogP contribution < -0.4 is 0 Å². The second kappa shape index (κ2) is 7.04. The van der Waals surface area contributed by atoms with Crippen LogP contribution in [0.4, 0.5) is 30.7 Å². The summed E-state index contributed by atoms with van der Waals surface area (Å²) in [6.45, 7) is 4.90. The Kier molecular flexibility index (Phi) is 6.71. The van der Waals surface area contributed by atoms with Crippen molar-refractivity contribution in [3.05, 3.63) is 0 Å². The zero-order chi connectivity index (χ0) is 17.9. The maximum absolute atomic E-state index is 13.6. The number of rotatable bonds is 7. The first kappa shape index (κ1) is 21.0. The fourth-order valence-electron chi connectivity index (χ4n) is 1.81. The van der Waals surface area contributed by atoms with E-state index in [1.807, 2.05) is 0 Å². The van der Waals surface area contributed by atoms with Gasteiger partial charge in [-0.1, -0.05) is 27.7 Å². The molecule has 0 aliphatic carbocycles. The largest absolute Gasteiger partial charge is 0.465 e. The highest BCUT2D eigenvalue weighted by atomic mass is 19.4. The minimum atomic E-state index is -6.41. The third-order valence-corrected chi connectivity index (χ3v) is 3.25. The van der Waals surface area contributed by atoms with Gasteiger partial charge in [-0.2, -0.15) is 30.7 Å².